The summed E-state index contributed by atoms with van der Waals surface area (Å²) < 4.78 is 6.85. The van der Waals surface area contributed by atoms with Crippen molar-refractivity contribution in [3.63, 3.8) is 0 Å². The van der Waals surface area contributed by atoms with Crippen LogP contribution in [0.15, 0.2) is 82.8 Å². The molecule has 1 fully saturated rings. The van der Waals surface area contributed by atoms with Gasteiger partial charge in [-0.25, -0.2) is 9.69 Å². The molecule has 0 aliphatic carbocycles. The minimum atomic E-state index is -0.771. The SMILES string of the molecule is CCOc1cc(/C=C2\C(=O)NC(=O)N(c3ccccc3)C2=O)ccc1Cc1ccccc1Br. The van der Waals surface area contributed by atoms with Crippen molar-refractivity contribution < 1.29 is 19.1 Å². The van der Waals surface area contributed by atoms with E-state index in [2.05, 4.69) is 21.2 Å². The van der Waals surface area contributed by atoms with Gasteiger partial charge < -0.3 is 4.74 Å². The first-order chi connectivity index (χ1) is 16.0. The Hall–Kier alpha value is -3.71. The third kappa shape index (κ3) is 4.88. The summed E-state index contributed by atoms with van der Waals surface area (Å²) >= 11 is 3.58. The Morgan fingerprint density at radius 1 is 0.939 bits per heavy atom. The molecule has 0 unspecified atom stereocenters. The van der Waals surface area contributed by atoms with E-state index in [1.807, 2.05) is 43.3 Å². The second-order valence-corrected chi connectivity index (χ2v) is 8.22. The Bertz CT molecular complexity index is 1250. The summed E-state index contributed by atoms with van der Waals surface area (Å²) in [5.41, 5.74) is 2.97. The zero-order chi connectivity index (χ0) is 23.4. The van der Waals surface area contributed by atoms with E-state index in [9.17, 15) is 14.4 Å². The van der Waals surface area contributed by atoms with Gasteiger partial charge in [0.25, 0.3) is 11.8 Å². The number of nitrogens with one attached hydrogen (secondary N) is 1. The average Bonchev–Trinajstić information content (AvgIpc) is 2.80. The predicted octanol–water partition coefficient (Wildman–Crippen LogP) is 5.11. The summed E-state index contributed by atoms with van der Waals surface area (Å²) in [6.07, 6.45) is 2.13. The van der Waals surface area contributed by atoms with Crippen LogP contribution in [-0.2, 0) is 16.0 Å². The minimum Gasteiger partial charge on any atom is -0.494 e. The Balaban J connectivity index is 1.68. The van der Waals surface area contributed by atoms with E-state index in [1.54, 1.807) is 36.4 Å². The van der Waals surface area contributed by atoms with Crippen molar-refractivity contribution in [2.45, 2.75) is 13.3 Å². The maximum absolute atomic E-state index is 13.0. The van der Waals surface area contributed by atoms with Crippen LogP contribution in [-0.4, -0.2) is 24.5 Å². The molecule has 0 bridgehead atoms. The summed E-state index contributed by atoms with van der Waals surface area (Å²) in [7, 11) is 0. The standard InChI is InChI=1S/C26H21BrN2O4/c1-2-33-23-15-17(12-13-19(23)16-18-8-6-7-11-22(18)27)14-21-24(30)28-26(32)29(25(21)31)20-9-4-3-5-10-20/h3-15H,2,16H2,1H3,(H,28,30,32)/b21-14+. The van der Waals surface area contributed by atoms with Crippen LogP contribution >= 0.6 is 15.9 Å². The van der Waals surface area contributed by atoms with Crippen LogP contribution in [0.5, 0.6) is 5.75 Å². The number of urea groups is 1. The topological polar surface area (TPSA) is 75.7 Å². The highest BCUT2D eigenvalue weighted by atomic mass is 79.9. The van der Waals surface area contributed by atoms with Crippen LogP contribution in [0, 0.1) is 0 Å². The first-order valence-corrected chi connectivity index (χ1v) is 11.2. The first kappa shape index (κ1) is 22.5. The lowest BCUT2D eigenvalue weighted by atomic mass is 10.0. The highest BCUT2D eigenvalue weighted by Gasteiger charge is 2.36. The number of imide groups is 2. The normalized spacial score (nSPS) is 15.0. The second kappa shape index (κ2) is 9.83. The molecule has 1 aliphatic rings. The van der Waals surface area contributed by atoms with Gasteiger partial charge in [-0.05, 0) is 54.0 Å². The number of carbonyl (C=O) groups excluding carboxylic acids is 3. The van der Waals surface area contributed by atoms with Gasteiger partial charge in [-0.3, -0.25) is 14.9 Å². The number of amides is 4. The molecular weight excluding hydrogens is 484 g/mol. The lowest BCUT2D eigenvalue weighted by molar-refractivity contribution is -0.122. The van der Waals surface area contributed by atoms with E-state index in [0.29, 0.717) is 30.0 Å². The van der Waals surface area contributed by atoms with Gasteiger partial charge in [0.05, 0.1) is 12.3 Å². The van der Waals surface area contributed by atoms with Gasteiger partial charge >= 0.3 is 6.03 Å². The third-order valence-corrected chi connectivity index (χ3v) is 5.93. The number of benzene rings is 3. The van der Waals surface area contributed by atoms with Gasteiger partial charge in [0.2, 0.25) is 0 Å². The van der Waals surface area contributed by atoms with Crippen LogP contribution in [0.25, 0.3) is 6.08 Å². The molecule has 33 heavy (non-hydrogen) atoms. The van der Waals surface area contributed by atoms with Crippen LogP contribution < -0.4 is 15.0 Å². The molecule has 3 aromatic rings. The van der Waals surface area contributed by atoms with Gasteiger partial charge in [-0.1, -0.05) is 64.5 Å². The molecule has 1 N–H and O–H groups in total. The predicted molar refractivity (Wildman–Crippen MR) is 130 cm³/mol. The van der Waals surface area contributed by atoms with Crippen molar-refractivity contribution in [3.8, 4) is 5.75 Å². The van der Waals surface area contributed by atoms with Crippen LogP contribution in [0.2, 0.25) is 0 Å². The summed E-state index contributed by atoms with van der Waals surface area (Å²) in [6.45, 7) is 2.37. The van der Waals surface area contributed by atoms with Crippen molar-refractivity contribution in [3.05, 3.63) is 99.5 Å². The molecule has 4 rings (SSSR count). The second-order valence-electron chi connectivity index (χ2n) is 7.36. The van der Waals surface area contributed by atoms with Gasteiger partial charge in [0, 0.05) is 10.9 Å². The quantitative estimate of drug-likeness (QED) is 0.374. The molecule has 7 heteroatoms. The molecule has 1 aliphatic heterocycles. The fourth-order valence-electron chi connectivity index (χ4n) is 3.58. The maximum Gasteiger partial charge on any atom is 0.335 e. The number of hydrogen-bond donors (Lipinski definition) is 1. The number of halogens is 1. The number of hydrogen-bond acceptors (Lipinski definition) is 4. The molecule has 0 atom stereocenters. The van der Waals surface area contributed by atoms with Crippen molar-refractivity contribution >= 4 is 45.5 Å². The van der Waals surface area contributed by atoms with E-state index in [1.165, 1.54) is 6.08 Å². The van der Waals surface area contributed by atoms with Crippen LogP contribution in [0.4, 0.5) is 10.5 Å². The Morgan fingerprint density at radius 2 is 1.67 bits per heavy atom. The lowest BCUT2D eigenvalue weighted by Crippen LogP contribution is -2.54. The molecule has 0 saturated carbocycles. The third-order valence-electron chi connectivity index (χ3n) is 5.16. The Morgan fingerprint density at radius 3 is 2.39 bits per heavy atom. The molecule has 3 aromatic carbocycles. The van der Waals surface area contributed by atoms with E-state index in [4.69, 9.17) is 4.74 Å². The first-order valence-electron chi connectivity index (χ1n) is 10.4. The highest BCUT2D eigenvalue weighted by Crippen LogP contribution is 2.28. The summed E-state index contributed by atoms with van der Waals surface area (Å²) in [4.78, 5) is 38.8. The monoisotopic (exact) mass is 504 g/mol. The molecule has 1 saturated heterocycles. The van der Waals surface area contributed by atoms with Gasteiger partial charge in [-0.2, -0.15) is 0 Å². The zero-order valence-electron chi connectivity index (χ0n) is 17.9. The van der Waals surface area contributed by atoms with Gasteiger partial charge in [0.15, 0.2) is 0 Å². The Kier molecular flexibility index (Phi) is 6.70. The largest absolute Gasteiger partial charge is 0.494 e. The Labute approximate surface area is 200 Å². The van der Waals surface area contributed by atoms with Crippen LogP contribution in [0.1, 0.15) is 23.6 Å². The number of ether oxygens (including phenoxy) is 1. The fraction of sp³-hybridized carbons (Fsp3) is 0.115. The maximum atomic E-state index is 13.0. The van der Waals surface area contributed by atoms with E-state index in [0.717, 1.165) is 20.5 Å². The highest BCUT2D eigenvalue weighted by molar-refractivity contribution is 9.10. The smallest absolute Gasteiger partial charge is 0.335 e. The van der Waals surface area contributed by atoms with E-state index in [-0.39, 0.29) is 5.57 Å². The number of barbiturate groups is 1. The molecule has 0 aromatic heterocycles. The fourth-order valence-corrected chi connectivity index (χ4v) is 4.00. The van der Waals surface area contributed by atoms with Crippen LogP contribution in [0.3, 0.4) is 0 Å². The van der Waals surface area contributed by atoms with Crippen molar-refractivity contribution in [1.29, 1.82) is 0 Å². The van der Waals surface area contributed by atoms with E-state index < -0.39 is 17.8 Å². The zero-order valence-corrected chi connectivity index (χ0v) is 19.5. The molecule has 1 heterocycles. The minimum absolute atomic E-state index is 0.126. The molecular formula is C26H21BrN2O4. The van der Waals surface area contributed by atoms with E-state index >= 15 is 0 Å². The van der Waals surface area contributed by atoms with Gasteiger partial charge in [0.1, 0.15) is 11.3 Å². The number of carbonyl (C=O) groups is 3. The molecule has 6 nitrogen and oxygen atoms in total. The summed E-state index contributed by atoms with van der Waals surface area (Å²) in [6, 6.07) is 21.2. The molecule has 0 spiro atoms. The lowest BCUT2D eigenvalue weighted by Gasteiger charge is -2.26. The van der Waals surface area contributed by atoms with Crippen molar-refractivity contribution in [1.82, 2.24) is 5.32 Å². The number of anilines is 1. The van der Waals surface area contributed by atoms with Crippen molar-refractivity contribution in [2.75, 3.05) is 11.5 Å². The van der Waals surface area contributed by atoms with Crippen molar-refractivity contribution in [2.24, 2.45) is 0 Å². The number of para-hydroxylation sites is 1. The van der Waals surface area contributed by atoms with Gasteiger partial charge in [-0.15, -0.1) is 0 Å². The molecule has 166 valence electrons. The summed E-state index contributed by atoms with van der Waals surface area (Å²) in [5, 5.41) is 2.24. The number of rotatable bonds is 6. The molecule has 0 radical (unpaired) electrons. The average molecular weight is 505 g/mol. The summed E-state index contributed by atoms with van der Waals surface area (Å²) in [5.74, 6) is -0.736. The number of nitrogens with zero attached hydrogens (tertiary/aromatic N) is 1. The molecule has 4 amide bonds.